The van der Waals surface area contributed by atoms with E-state index in [1.54, 1.807) is 19.1 Å². The molecule has 0 saturated heterocycles. The van der Waals surface area contributed by atoms with Gasteiger partial charge in [-0.15, -0.1) is 0 Å². The van der Waals surface area contributed by atoms with Gasteiger partial charge in [0.2, 0.25) is 0 Å². The number of hydrogen-bond donors (Lipinski definition) is 1. The van der Waals surface area contributed by atoms with Crippen LogP contribution in [0.1, 0.15) is 5.56 Å². The van der Waals surface area contributed by atoms with Crippen LogP contribution in [-0.2, 0) is 0 Å². The van der Waals surface area contributed by atoms with Crippen LogP contribution in [0.2, 0.25) is 0 Å². The van der Waals surface area contributed by atoms with Crippen LogP contribution in [-0.4, -0.2) is 30.2 Å². The van der Waals surface area contributed by atoms with Crippen LogP contribution in [0.15, 0.2) is 48.5 Å². The van der Waals surface area contributed by atoms with Crippen molar-refractivity contribution in [3.63, 3.8) is 0 Å². The summed E-state index contributed by atoms with van der Waals surface area (Å²) in [6.45, 7) is 2.88. The maximum Gasteiger partial charge on any atom is 0.173 e. The number of hydrogen-bond acceptors (Lipinski definition) is 2. The number of nitrogens with zero attached hydrogens (tertiary/aromatic N) is 1. The molecular formula is C17H19FN2OS. The topological polar surface area (TPSA) is 24.5 Å². The fourth-order valence-corrected chi connectivity index (χ4v) is 2.02. The van der Waals surface area contributed by atoms with Gasteiger partial charge in [0.15, 0.2) is 5.11 Å². The van der Waals surface area contributed by atoms with Crippen LogP contribution in [0.25, 0.3) is 0 Å². The molecule has 0 bridgehead atoms. The maximum absolute atomic E-state index is 13.5. The van der Waals surface area contributed by atoms with Crippen molar-refractivity contribution in [3.05, 3.63) is 59.9 Å². The molecular weight excluding hydrogens is 299 g/mol. The zero-order chi connectivity index (χ0) is 15.9. The van der Waals surface area contributed by atoms with E-state index < -0.39 is 0 Å². The van der Waals surface area contributed by atoms with E-state index in [4.69, 9.17) is 17.0 Å². The fraction of sp³-hybridized carbons (Fsp3) is 0.235. The third-order valence-corrected chi connectivity index (χ3v) is 3.62. The van der Waals surface area contributed by atoms with E-state index in [1.165, 1.54) is 6.07 Å². The molecule has 3 nitrogen and oxygen atoms in total. The summed E-state index contributed by atoms with van der Waals surface area (Å²) in [5.74, 6) is 0.582. The minimum Gasteiger partial charge on any atom is -0.492 e. The molecule has 22 heavy (non-hydrogen) atoms. The van der Waals surface area contributed by atoms with Gasteiger partial charge in [0.25, 0.3) is 0 Å². The number of halogens is 1. The molecule has 0 unspecified atom stereocenters. The molecule has 0 spiro atoms. The lowest BCUT2D eigenvalue weighted by molar-refractivity contribution is 0.285. The zero-order valence-electron chi connectivity index (χ0n) is 12.7. The van der Waals surface area contributed by atoms with E-state index >= 15 is 0 Å². The average Bonchev–Trinajstić information content (AvgIpc) is 2.52. The third kappa shape index (κ3) is 4.70. The minimum absolute atomic E-state index is 0.247. The van der Waals surface area contributed by atoms with Crippen molar-refractivity contribution in [1.82, 2.24) is 4.90 Å². The molecule has 0 aliphatic rings. The molecule has 116 valence electrons. The summed E-state index contributed by atoms with van der Waals surface area (Å²) in [6, 6.07) is 14.6. The van der Waals surface area contributed by atoms with Gasteiger partial charge in [-0.25, -0.2) is 4.39 Å². The molecule has 0 aliphatic heterocycles. The van der Waals surface area contributed by atoms with Gasteiger partial charge in [-0.1, -0.05) is 24.3 Å². The Kier molecular flexibility index (Phi) is 5.72. The normalized spacial score (nSPS) is 10.1. The zero-order valence-corrected chi connectivity index (χ0v) is 13.5. The third-order valence-electron chi connectivity index (χ3n) is 3.21. The van der Waals surface area contributed by atoms with Gasteiger partial charge < -0.3 is 15.0 Å². The Morgan fingerprint density at radius 2 is 1.95 bits per heavy atom. The van der Waals surface area contributed by atoms with Gasteiger partial charge in [0.05, 0.1) is 6.54 Å². The van der Waals surface area contributed by atoms with Crippen LogP contribution in [0.4, 0.5) is 10.1 Å². The first-order valence-corrected chi connectivity index (χ1v) is 7.43. The van der Waals surface area contributed by atoms with Gasteiger partial charge in [0.1, 0.15) is 18.2 Å². The SMILES string of the molecule is Cc1ccc(NC(=S)N(C)CCOc2ccccc2)cc1F. The Morgan fingerprint density at radius 1 is 1.23 bits per heavy atom. The predicted molar refractivity (Wildman–Crippen MR) is 91.9 cm³/mol. The highest BCUT2D eigenvalue weighted by molar-refractivity contribution is 7.80. The number of likely N-dealkylation sites (N-methyl/N-ethyl adjacent to an activating group) is 1. The largest absolute Gasteiger partial charge is 0.492 e. The van der Waals surface area contributed by atoms with Crippen LogP contribution in [0.3, 0.4) is 0 Å². The van der Waals surface area contributed by atoms with Crippen molar-refractivity contribution in [3.8, 4) is 5.75 Å². The smallest absolute Gasteiger partial charge is 0.173 e. The van der Waals surface area contributed by atoms with Gasteiger partial charge in [-0.05, 0) is 49.0 Å². The molecule has 0 atom stereocenters. The van der Waals surface area contributed by atoms with E-state index in [1.807, 2.05) is 42.3 Å². The van der Waals surface area contributed by atoms with E-state index in [0.717, 1.165) is 5.75 Å². The first-order valence-electron chi connectivity index (χ1n) is 7.02. The minimum atomic E-state index is -0.247. The molecule has 0 saturated carbocycles. The molecule has 0 radical (unpaired) electrons. The second-order valence-electron chi connectivity index (χ2n) is 4.98. The Labute approximate surface area is 135 Å². The Morgan fingerprint density at radius 3 is 2.64 bits per heavy atom. The molecule has 1 N–H and O–H groups in total. The summed E-state index contributed by atoms with van der Waals surface area (Å²) < 4.78 is 19.1. The number of ether oxygens (including phenoxy) is 1. The molecule has 2 rings (SSSR count). The van der Waals surface area contributed by atoms with Gasteiger partial charge in [-0.2, -0.15) is 0 Å². The summed E-state index contributed by atoms with van der Waals surface area (Å²) in [5.41, 5.74) is 1.25. The average molecular weight is 318 g/mol. The van der Waals surface area contributed by atoms with Gasteiger partial charge in [-0.3, -0.25) is 0 Å². The molecule has 0 amide bonds. The Balaban J connectivity index is 1.80. The first-order chi connectivity index (χ1) is 10.6. The second kappa shape index (κ2) is 7.75. The Hall–Kier alpha value is -2.14. The van der Waals surface area contributed by atoms with Crippen molar-refractivity contribution in [1.29, 1.82) is 0 Å². The van der Waals surface area contributed by atoms with E-state index in [9.17, 15) is 4.39 Å². The molecule has 2 aromatic carbocycles. The van der Waals surface area contributed by atoms with E-state index in [0.29, 0.717) is 29.5 Å². The lowest BCUT2D eigenvalue weighted by atomic mass is 10.2. The molecule has 5 heteroatoms. The first kappa shape index (κ1) is 16.2. The maximum atomic E-state index is 13.5. The number of aryl methyl sites for hydroxylation is 1. The molecule has 2 aromatic rings. The highest BCUT2D eigenvalue weighted by Crippen LogP contribution is 2.14. The molecule has 0 heterocycles. The van der Waals surface area contributed by atoms with Crippen LogP contribution in [0.5, 0.6) is 5.75 Å². The quantitative estimate of drug-likeness (QED) is 0.847. The second-order valence-corrected chi connectivity index (χ2v) is 5.36. The van der Waals surface area contributed by atoms with E-state index in [-0.39, 0.29) is 5.82 Å². The van der Waals surface area contributed by atoms with E-state index in [2.05, 4.69) is 5.32 Å². The number of nitrogens with one attached hydrogen (secondary N) is 1. The van der Waals surface area contributed by atoms with Gasteiger partial charge in [0, 0.05) is 12.7 Å². The van der Waals surface area contributed by atoms with Gasteiger partial charge >= 0.3 is 0 Å². The van der Waals surface area contributed by atoms with Crippen LogP contribution in [0, 0.1) is 12.7 Å². The summed E-state index contributed by atoms with van der Waals surface area (Å²) in [4.78, 5) is 1.86. The monoisotopic (exact) mass is 318 g/mol. The Bertz CT molecular complexity index is 634. The summed E-state index contributed by atoms with van der Waals surface area (Å²) >= 11 is 5.30. The standard InChI is InChI=1S/C17H19FN2OS/c1-13-8-9-14(12-16(13)18)19-17(22)20(2)10-11-21-15-6-4-3-5-7-15/h3-9,12H,10-11H2,1-2H3,(H,19,22). The van der Waals surface area contributed by atoms with Crippen molar-refractivity contribution < 1.29 is 9.13 Å². The number of para-hydroxylation sites is 1. The molecule has 0 fully saturated rings. The lowest BCUT2D eigenvalue weighted by Gasteiger charge is -2.21. The number of anilines is 1. The van der Waals surface area contributed by atoms with Crippen molar-refractivity contribution in [2.75, 3.05) is 25.5 Å². The number of thiocarbonyl (C=S) groups is 1. The van der Waals surface area contributed by atoms with Crippen LogP contribution >= 0.6 is 12.2 Å². The highest BCUT2D eigenvalue weighted by Gasteiger charge is 2.06. The van der Waals surface area contributed by atoms with Crippen molar-refractivity contribution in [2.45, 2.75) is 6.92 Å². The highest BCUT2D eigenvalue weighted by atomic mass is 32.1. The van der Waals surface area contributed by atoms with Crippen molar-refractivity contribution >= 4 is 23.0 Å². The number of benzene rings is 2. The molecule has 0 aromatic heterocycles. The number of rotatable bonds is 5. The summed E-state index contributed by atoms with van der Waals surface area (Å²) in [6.07, 6.45) is 0. The van der Waals surface area contributed by atoms with Crippen LogP contribution < -0.4 is 10.1 Å². The van der Waals surface area contributed by atoms with Crippen molar-refractivity contribution in [2.24, 2.45) is 0 Å². The summed E-state index contributed by atoms with van der Waals surface area (Å²) in [7, 11) is 1.87. The summed E-state index contributed by atoms with van der Waals surface area (Å²) in [5, 5.41) is 3.55. The molecule has 0 aliphatic carbocycles. The predicted octanol–water partition coefficient (Wildman–Crippen LogP) is 3.84. The fourth-order valence-electron chi connectivity index (χ4n) is 1.81. The lowest BCUT2D eigenvalue weighted by Crippen LogP contribution is -2.34.